The van der Waals surface area contributed by atoms with Gasteiger partial charge in [0, 0.05) is 19.6 Å². The third-order valence-electron chi connectivity index (χ3n) is 3.26. The van der Waals surface area contributed by atoms with E-state index >= 15 is 0 Å². The number of carbonyl (C=O) groups excluding carboxylic acids is 1. The zero-order chi connectivity index (χ0) is 14.8. The van der Waals surface area contributed by atoms with Gasteiger partial charge in [-0.1, -0.05) is 20.3 Å². The van der Waals surface area contributed by atoms with Crippen molar-refractivity contribution < 1.29 is 14.7 Å². The smallest absolute Gasteiger partial charge is 0.307 e. The third kappa shape index (κ3) is 7.15. The molecule has 1 atom stereocenters. The van der Waals surface area contributed by atoms with Crippen LogP contribution in [-0.4, -0.2) is 59.5 Å². The van der Waals surface area contributed by atoms with Crippen LogP contribution >= 0.6 is 0 Å². The van der Waals surface area contributed by atoms with E-state index in [1.165, 1.54) is 0 Å². The highest BCUT2D eigenvalue weighted by Crippen LogP contribution is 2.04. The Balaban J connectivity index is 4.48. The van der Waals surface area contributed by atoms with Crippen LogP contribution in [0.3, 0.4) is 0 Å². The molecule has 0 bridgehead atoms. The molecule has 1 unspecified atom stereocenters. The van der Waals surface area contributed by atoms with Crippen LogP contribution in [0.1, 0.15) is 40.5 Å². The van der Waals surface area contributed by atoms with Crippen molar-refractivity contribution in [3.8, 4) is 0 Å². The van der Waals surface area contributed by atoms with Crippen LogP contribution in [0.25, 0.3) is 0 Å². The number of carboxylic acid groups (broad SMARTS) is 1. The standard InChI is InChI=1S/C14H28N2O3/c1-5-8-9-15(10-12(4)14(18)19)11-13(17)16(6-2)7-3/h12H,5-11H2,1-4H3,(H,18,19). The monoisotopic (exact) mass is 272 g/mol. The van der Waals surface area contributed by atoms with Crippen molar-refractivity contribution in [1.82, 2.24) is 9.80 Å². The van der Waals surface area contributed by atoms with Gasteiger partial charge in [-0.2, -0.15) is 0 Å². The summed E-state index contributed by atoms with van der Waals surface area (Å²) in [5, 5.41) is 8.97. The van der Waals surface area contributed by atoms with Crippen LogP contribution in [-0.2, 0) is 9.59 Å². The Morgan fingerprint density at radius 3 is 2.16 bits per heavy atom. The Morgan fingerprint density at radius 1 is 1.16 bits per heavy atom. The fourth-order valence-electron chi connectivity index (χ4n) is 1.95. The van der Waals surface area contributed by atoms with Crippen LogP contribution in [0.15, 0.2) is 0 Å². The van der Waals surface area contributed by atoms with Gasteiger partial charge in [0.05, 0.1) is 12.5 Å². The van der Waals surface area contributed by atoms with Gasteiger partial charge in [-0.3, -0.25) is 14.5 Å². The average Bonchev–Trinajstić information content (AvgIpc) is 2.37. The molecule has 5 nitrogen and oxygen atoms in total. The number of likely N-dealkylation sites (N-methyl/N-ethyl adjacent to an activating group) is 1. The van der Waals surface area contributed by atoms with Gasteiger partial charge in [-0.05, 0) is 26.8 Å². The summed E-state index contributed by atoms with van der Waals surface area (Å²) in [6.45, 7) is 10.6. The topological polar surface area (TPSA) is 60.9 Å². The lowest BCUT2D eigenvalue weighted by atomic mass is 10.1. The summed E-state index contributed by atoms with van der Waals surface area (Å²) in [5.41, 5.74) is 0. The van der Waals surface area contributed by atoms with Crippen molar-refractivity contribution in [2.75, 3.05) is 32.7 Å². The van der Waals surface area contributed by atoms with Crippen LogP contribution in [0.2, 0.25) is 0 Å². The van der Waals surface area contributed by atoms with E-state index in [0.29, 0.717) is 26.2 Å². The molecule has 0 radical (unpaired) electrons. The minimum atomic E-state index is -0.809. The minimum absolute atomic E-state index is 0.0821. The van der Waals surface area contributed by atoms with Crippen molar-refractivity contribution in [3.05, 3.63) is 0 Å². The predicted octanol–water partition coefficient (Wildman–Crippen LogP) is 1.68. The van der Waals surface area contributed by atoms with Gasteiger partial charge in [0.15, 0.2) is 0 Å². The van der Waals surface area contributed by atoms with E-state index in [4.69, 9.17) is 5.11 Å². The third-order valence-corrected chi connectivity index (χ3v) is 3.26. The highest BCUT2D eigenvalue weighted by molar-refractivity contribution is 5.78. The van der Waals surface area contributed by atoms with E-state index in [1.807, 2.05) is 18.7 Å². The number of nitrogens with zero attached hydrogens (tertiary/aromatic N) is 2. The second kappa shape index (κ2) is 9.78. The molecule has 0 aromatic carbocycles. The molecule has 0 fully saturated rings. The number of hydrogen-bond acceptors (Lipinski definition) is 3. The molecule has 1 N–H and O–H groups in total. The first-order chi connectivity index (χ1) is 8.96. The van der Waals surface area contributed by atoms with Gasteiger partial charge in [0.1, 0.15) is 0 Å². The number of aliphatic carboxylic acids is 1. The molecule has 0 aliphatic rings. The summed E-state index contributed by atoms with van der Waals surface area (Å²) in [4.78, 5) is 26.7. The quantitative estimate of drug-likeness (QED) is 0.657. The van der Waals surface area contributed by atoms with Gasteiger partial charge < -0.3 is 10.0 Å². The molecule has 0 aliphatic carbocycles. The van der Waals surface area contributed by atoms with Crippen molar-refractivity contribution in [1.29, 1.82) is 0 Å². The summed E-state index contributed by atoms with van der Waals surface area (Å²) in [5.74, 6) is -1.17. The van der Waals surface area contributed by atoms with Crippen LogP contribution in [0.5, 0.6) is 0 Å². The Morgan fingerprint density at radius 2 is 1.74 bits per heavy atom. The average molecular weight is 272 g/mol. The second-order valence-corrected chi connectivity index (χ2v) is 4.89. The molecule has 112 valence electrons. The van der Waals surface area contributed by atoms with E-state index in [-0.39, 0.29) is 5.91 Å². The number of rotatable bonds is 10. The molecule has 0 saturated carbocycles. The lowest BCUT2D eigenvalue weighted by molar-refractivity contribution is -0.142. The van der Waals surface area contributed by atoms with Gasteiger partial charge in [0.2, 0.25) is 5.91 Å². The largest absolute Gasteiger partial charge is 0.481 e. The van der Waals surface area contributed by atoms with Gasteiger partial charge >= 0.3 is 5.97 Å². The summed E-state index contributed by atoms with van der Waals surface area (Å²) in [6, 6.07) is 0. The lowest BCUT2D eigenvalue weighted by Gasteiger charge is -2.27. The highest BCUT2D eigenvalue weighted by atomic mass is 16.4. The van der Waals surface area contributed by atoms with E-state index < -0.39 is 11.9 Å². The molecule has 0 heterocycles. The van der Waals surface area contributed by atoms with E-state index in [2.05, 4.69) is 6.92 Å². The molecule has 1 amide bonds. The Bertz CT molecular complexity index is 278. The number of unbranched alkanes of at least 4 members (excludes halogenated alkanes) is 1. The Kier molecular flexibility index (Phi) is 9.21. The number of hydrogen-bond donors (Lipinski definition) is 1. The van der Waals surface area contributed by atoms with Crippen molar-refractivity contribution in [2.24, 2.45) is 5.92 Å². The zero-order valence-corrected chi connectivity index (χ0v) is 12.7. The SMILES string of the molecule is CCCCN(CC(=O)N(CC)CC)CC(C)C(=O)O. The van der Waals surface area contributed by atoms with Gasteiger partial charge in [0.25, 0.3) is 0 Å². The number of carbonyl (C=O) groups is 2. The predicted molar refractivity (Wildman–Crippen MR) is 76.1 cm³/mol. The summed E-state index contributed by atoms with van der Waals surface area (Å²) >= 11 is 0. The maximum absolute atomic E-state index is 12.1. The van der Waals surface area contributed by atoms with Crippen LogP contribution in [0, 0.1) is 5.92 Å². The lowest BCUT2D eigenvalue weighted by Crippen LogP contribution is -2.42. The van der Waals surface area contributed by atoms with E-state index in [9.17, 15) is 9.59 Å². The summed E-state index contributed by atoms with van der Waals surface area (Å²) in [7, 11) is 0. The zero-order valence-electron chi connectivity index (χ0n) is 12.7. The van der Waals surface area contributed by atoms with Crippen molar-refractivity contribution in [2.45, 2.75) is 40.5 Å². The molecule has 0 saturated heterocycles. The van der Waals surface area contributed by atoms with E-state index in [1.54, 1.807) is 11.8 Å². The van der Waals surface area contributed by atoms with E-state index in [0.717, 1.165) is 19.4 Å². The Hall–Kier alpha value is -1.10. The highest BCUT2D eigenvalue weighted by Gasteiger charge is 2.19. The molecular weight excluding hydrogens is 244 g/mol. The van der Waals surface area contributed by atoms with Crippen molar-refractivity contribution in [3.63, 3.8) is 0 Å². The summed E-state index contributed by atoms with van der Waals surface area (Å²) < 4.78 is 0. The number of amides is 1. The molecule has 0 spiro atoms. The minimum Gasteiger partial charge on any atom is -0.481 e. The van der Waals surface area contributed by atoms with Crippen LogP contribution in [0.4, 0.5) is 0 Å². The van der Waals surface area contributed by atoms with Crippen LogP contribution < -0.4 is 0 Å². The first kappa shape index (κ1) is 17.9. The van der Waals surface area contributed by atoms with Gasteiger partial charge in [-0.25, -0.2) is 0 Å². The fourth-order valence-corrected chi connectivity index (χ4v) is 1.95. The first-order valence-electron chi connectivity index (χ1n) is 7.19. The summed E-state index contributed by atoms with van der Waals surface area (Å²) in [6.07, 6.45) is 2.02. The van der Waals surface area contributed by atoms with Crippen molar-refractivity contribution >= 4 is 11.9 Å². The normalized spacial score (nSPS) is 12.5. The maximum atomic E-state index is 12.1. The molecule has 5 heteroatoms. The fraction of sp³-hybridized carbons (Fsp3) is 0.857. The molecule has 19 heavy (non-hydrogen) atoms. The molecule has 0 aromatic rings. The van der Waals surface area contributed by atoms with Gasteiger partial charge in [-0.15, -0.1) is 0 Å². The molecule has 0 rings (SSSR count). The molecule has 0 aromatic heterocycles. The Labute approximate surface area is 116 Å². The molecule has 0 aliphatic heterocycles. The number of carboxylic acids is 1. The maximum Gasteiger partial charge on any atom is 0.307 e. The first-order valence-corrected chi connectivity index (χ1v) is 7.19. The molecular formula is C14H28N2O3. The second-order valence-electron chi connectivity index (χ2n) is 4.89.